The molecular weight excluding hydrogens is 482 g/mol. The average Bonchev–Trinajstić information content (AvgIpc) is 3.15. The molecule has 3 heterocycles. The number of rotatable bonds is 8. The summed E-state index contributed by atoms with van der Waals surface area (Å²) in [6.45, 7) is 8.35. The Kier molecular flexibility index (Phi) is 7.85. The molecule has 1 unspecified atom stereocenters. The summed E-state index contributed by atoms with van der Waals surface area (Å²) in [4.78, 5) is 25.7. The maximum Gasteiger partial charge on any atom is 0.338 e. The highest BCUT2D eigenvalue weighted by atomic mass is 32.2. The van der Waals surface area contributed by atoms with Crippen LogP contribution in [0.25, 0.3) is 0 Å². The van der Waals surface area contributed by atoms with Crippen LogP contribution in [0, 0.1) is 11.3 Å². The molecule has 196 valence electrons. The van der Waals surface area contributed by atoms with Gasteiger partial charge in [0.1, 0.15) is 5.69 Å². The number of nitrogens with zero attached hydrogens (tertiary/aromatic N) is 2. The summed E-state index contributed by atoms with van der Waals surface area (Å²) in [5, 5.41) is 7.89. The molecule has 0 bridgehead atoms. The number of ether oxygens (including phenoxy) is 2. The number of aromatic nitrogens is 2. The summed E-state index contributed by atoms with van der Waals surface area (Å²) in [6, 6.07) is 5.82. The number of fused-ring (bicyclic) bond motifs is 1. The van der Waals surface area contributed by atoms with E-state index in [4.69, 9.17) is 14.6 Å². The third-order valence-corrected chi connectivity index (χ3v) is 9.00. The Hall–Kier alpha value is -2.72. The average molecular weight is 518 g/mol. The fraction of sp³-hybridized carbons (Fsp3) is 0.577. The molecule has 2 aromatic rings. The van der Waals surface area contributed by atoms with E-state index in [2.05, 4.69) is 5.32 Å². The van der Waals surface area contributed by atoms with Crippen molar-refractivity contribution in [3.05, 3.63) is 46.8 Å². The van der Waals surface area contributed by atoms with Crippen molar-refractivity contribution in [3.63, 3.8) is 0 Å². The molecule has 2 aliphatic rings. The molecule has 36 heavy (non-hydrogen) atoms. The lowest BCUT2D eigenvalue weighted by molar-refractivity contribution is 0.0160. The third-order valence-electron chi connectivity index (χ3n) is 7.25. The number of carbonyl (C=O) groups excluding carboxylic acids is 2. The molecule has 1 saturated heterocycles. The largest absolute Gasteiger partial charge is 0.462 e. The second-order valence-corrected chi connectivity index (χ2v) is 12.2. The van der Waals surface area contributed by atoms with Gasteiger partial charge in [0.05, 0.1) is 28.5 Å². The van der Waals surface area contributed by atoms with Crippen LogP contribution in [-0.4, -0.2) is 62.2 Å². The molecule has 1 aromatic carbocycles. The van der Waals surface area contributed by atoms with E-state index < -0.39 is 15.8 Å². The monoisotopic (exact) mass is 517 g/mol. The molecule has 1 fully saturated rings. The van der Waals surface area contributed by atoms with Crippen LogP contribution in [0.2, 0.25) is 0 Å². The summed E-state index contributed by atoms with van der Waals surface area (Å²) >= 11 is 0. The first-order valence-electron chi connectivity index (χ1n) is 12.6. The number of sulfone groups is 1. The van der Waals surface area contributed by atoms with Crippen molar-refractivity contribution >= 4 is 21.7 Å². The molecule has 1 amide bonds. The zero-order valence-corrected chi connectivity index (χ0v) is 22.0. The first-order chi connectivity index (χ1) is 17.2. The molecule has 0 aliphatic carbocycles. The standard InChI is InChI=1S/C26H35N3O6S/c1-4-29-23-21(15-26(17-27-24(23)30)10-12-34-13-11-26)22(28-29)14-18(3)16-35-25(31)19-6-8-20(9-7-19)36(32,33)5-2/h6-9,18H,4-5,10-17H2,1-3H3,(H,27,30). The van der Waals surface area contributed by atoms with Crippen LogP contribution in [0.15, 0.2) is 29.2 Å². The highest BCUT2D eigenvalue weighted by Gasteiger charge is 2.39. The number of nitrogens with one attached hydrogen (secondary N) is 1. The minimum Gasteiger partial charge on any atom is -0.462 e. The number of esters is 1. The van der Waals surface area contributed by atoms with Crippen LogP contribution in [-0.2, 0) is 38.7 Å². The topological polar surface area (TPSA) is 117 Å². The van der Waals surface area contributed by atoms with Crippen molar-refractivity contribution in [1.29, 1.82) is 0 Å². The van der Waals surface area contributed by atoms with Gasteiger partial charge in [-0.2, -0.15) is 5.10 Å². The van der Waals surface area contributed by atoms with E-state index in [1.807, 2.05) is 13.8 Å². The second-order valence-electron chi connectivity index (χ2n) is 9.90. The van der Waals surface area contributed by atoms with Crippen molar-refractivity contribution in [2.45, 2.75) is 57.9 Å². The Morgan fingerprint density at radius 1 is 1.22 bits per heavy atom. The number of carbonyl (C=O) groups is 2. The van der Waals surface area contributed by atoms with Gasteiger partial charge in [-0.25, -0.2) is 13.2 Å². The molecule has 1 spiro atoms. The number of aryl methyl sites for hydroxylation is 1. The quantitative estimate of drug-likeness (QED) is 0.535. The normalized spacial score (nSPS) is 18.2. The Labute approximate surface area is 212 Å². The minimum absolute atomic E-state index is 0.00234. The number of amides is 1. The zero-order chi connectivity index (χ0) is 25.9. The fourth-order valence-electron chi connectivity index (χ4n) is 4.98. The number of hydrogen-bond donors (Lipinski definition) is 1. The molecule has 1 aromatic heterocycles. The predicted octanol–water partition coefficient (Wildman–Crippen LogP) is 2.81. The fourth-order valence-corrected chi connectivity index (χ4v) is 5.87. The van der Waals surface area contributed by atoms with Crippen LogP contribution >= 0.6 is 0 Å². The number of benzene rings is 1. The van der Waals surface area contributed by atoms with Crippen molar-refractivity contribution in [1.82, 2.24) is 15.1 Å². The molecule has 10 heteroatoms. The van der Waals surface area contributed by atoms with Gasteiger partial charge in [-0.15, -0.1) is 0 Å². The SMILES string of the molecule is CCn1nc(CC(C)COC(=O)c2ccc(S(=O)(=O)CC)cc2)c2c1C(=O)NCC1(CCOCC1)C2. The lowest BCUT2D eigenvalue weighted by Gasteiger charge is -2.36. The Morgan fingerprint density at radius 2 is 1.92 bits per heavy atom. The molecule has 0 radical (unpaired) electrons. The van der Waals surface area contributed by atoms with Crippen LogP contribution in [0.1, 0.15) is 65.7 Å². The van der Waals surface area contributed by atoms with Crippen LogP contribution in [0.3, 0.4) is 0 Å². The van der Waals surface area contributed by atoms with Gasteiger partial charge in [-0.3, -0.25) is 9.48 Å². The lowest BCUT2D eigenvalue weighted by atomic mass is 9.75. The third kappa shape index (κ3) is 5.49. The predicted molar refractivity (Wildman–Crippen MR) is 134 cm³/mol. The van der Waals surface area contributed by atoms with E-state index in [9.17, 15) is 18.0 Å². The molecule has 1 N–H and O–H groups in total. The summed E-state index contributed by atoms with van der Waals surface area (Å²) in [6.07, 6.45) is 3.15. The van der Waals surface area contributed by atoms with Gasteiger partial charge in [0, 0.05) is 31.9 Å². The first kappa shape index (κ1) is 26.3. The summed E-state index contributed by atoms with van der Waals surface area (Å²) in [5.74, 6) is -0.597. The van der Waals surface area contributed by atoms with Gasteiger partial charge >= 0.3 is 5.97 Å². The Balaban J connectivity index is 1.45. The van der Waals surface area contributed by atoms with Gasteiger partial charge in [-0.1, -0.05) is 13.8 Å². The molecule has 9 nitrogen and oxygen atoms in total. The van der Waals surface area contributed by atoms with E-state index in [1.54, 1.807) is 11.6 Å². The van der Waals surface area contributed by atoms with Crippen LogP contribution in [0.4, 0.5) is 0 Å². The molecular formula is C26H35N3O6S. The lowest BCUT2D eigenvalue weighted by Crippen LogP contribution is -2.40. The van der Waals surface area contributed by atoms with Crippen molar-refractivity contribution < 1.29 is 27.5 Å². The van der Waals surface area contributed by atoms with E-state index >= 15 is 0 Å². The van der Waals surface area contributed by atoms with Crippen molar-refractivity contribution in [2.75, 3.05) is 32.1 Å². The smallest absolute Gasteiger partial charge is 0.338 e. The van der Waals surface area contributed by atoms with Crippen molar-refractivity contribution in [3.8, 4) is 0 Å². The zero-order valence-electron chi connectivity index (χ0n) is 21.2. The van der Waals surface area contributed by atoms with E-state index in [-0.39, 0.29) is 34.5 Å². The summed E-state index contributed by atoms with van der Waals surface area (Å²) in [5.41, 5.74) is 2.80. The van der Waals surface area contributed by atoms with Crippen LogP contribution < -0.4 is 5.32 Å². The highest BCUT2D eigenvalue weighted by molar-refractivity contribution is 7.91. The van der Waals surface area contributed by atoms with Crippen molar-refractivity contribution in [2.24, 2.45) is 11.3 Å². The summed E-state index contributed by atoms with van der Waals surface area (Å²) in [7, 11) is -3.32. The molecule has 2 aliphatic heterocycles. The van der Waals surface area contributed by atoms with E-state index in [0.717, 1.165) is 30.5 Å². The second kappa shape index (κ2) is 10.7. The first-order valence-corrected chi connectivity index (χ1v) is 14.3. The van der Waals surface area contributed by atoms with Crippen LogP contribution in [0.5, 0.6) is 0 Å². The number of hydrogen-bond acceptors (Lipinski definition) is 7. The Morgan fingerprint density at radius 3 is 2.56 bits per heavy atom. The molecule has 0 saturated carbocycles. The highest BCUT2D eigenvalue weighted by Crippen LogP contribution is 2.38. The van der Waals surface area contributed by atoms with Gasteiger partial charge in [-0.05, 0) is 68.2 Å². The maximum absolute atomic E-state index is 13.0. The van der Waals surface area contributed by atoms with Gasteiger partial charge in [0.2, 0.25) is 0 Å². The molecule has 4 rings (SSSR count). The van der Waals surface area contributed by atoms with E-state index in [0.29, 0.717) is 44.0 Å². The van der Waals surface area contributed by atoms with Gasteiger partial charge < -0.3 is 14.8 Å². The van der Waals surface area contributed by atoms with Gasteiger partial charge in [0.25, 0.3) is 5.91 Å². The minimum atomic E-state index is -3.32. The van der Waals surface area contributed by atoms with Gasteiger partial charge in [0.15, 0.2) is 9.84 Å². The van der Waals surface area contributed by atoms with E-state index in [1.165, 1.54) is 24.3 Å². The molecule has 1 atom stereocenters. The summed E-state index contributed by atoms with van der Waals surface area (Å²) < 4.78 is 36.9. The maximum atomic E-state index is 13.0. The Bertz CT molecular complexity index is 1210.